The predicted molar refractivity (Wildman–Crippen MR) is 61.7 cm³/mol. The Morgan fingerprint density at radius 2 is 2.00 bits per heavy atom. The van der Waals surface area contributed by atoms with Gasteiger partial charge in [-0.3, -0.25) is 4.79 Å². The van der Waals surface area contributed by atoms with E-state index in [4.69, 9.17) is 5.11 Å². The van der Waals surface area contributed by atoms with Crippen LogP contribution in [0.1, 0.15) is 11.1 Å². The Balaban J connectivity index is 2.68. The average Bonchev–Trinajstić information content (AvgIpc) is 2.25. The molecule has 0 fully saturated rings. The molecule has 82 valence electrons. The zero-order valence-electron chi connectivity index (χ0n) is 8.90. The number of rotatable bonds is 2. The first-order chi connectivity index (χ1) is 7.59. The summed E-state index contributed by atoms with van der Waals surface area (Å²) in [6.07, 6.45) is -0.0653. The van der Waals surface area contributed by atoms with Gasteiger partial charge in [0.2, 0.25) is 0 Å². The van der Waals surface area contributed by atoms with Gasteiger partial charge in [0.25, 0.3) is 0 Å². The number of fused-ring (bicyclic) bond motifs is 1. The van der Waals surface area contributed by atoms with Gasteiger partial charge in [-0.15, -0.1) is 0 Å². The zero-order valence-corrected chi connectivity index (χ0v) is 8.90. The minimum atomic E-state index is -0.891. The summed E-state index contributed by atoms with van der Waals surface area (Å²) in [4.78, 5) is 10.7. The standard InChI is InChI=1S/C13H12O3/c1-8-10(7-12(14)15)6-9-4-2-3-5-11(9)13(8)16/h2-6,16H,7H2,1H3,(H,14,15). The van der Waals surface area contributed by atoms with Crippen molar-refractivity contribution in [2.24, 2.45) is 0 Å². The molecule has 0 aliphatic heterocycles. The molecule has 0 heterocycles. The van der Waals surface area contributed by atoms with Crippen LogP contribution in [0.4, 0.5) is 0 Å². The highest BCUT2D eigenvalue weighted by atomic mass is 16.4. The number of hydrogen-bond donors (Lipinski definition) is 2. The monoisotopic (exact) mass is 216 g/mol. The molecule has 0 aliphatic carbocycles. The zero-order chi connectivity index (χ0) is 11.7. The molecule has 0 spiro atoms. The van der Waals surface area contributed by atoms with Crippen molar-refractivity contribution in [3.63, 3.8) is 0 Å². The van der Waals surface area contributed by atoms with Crippen molar-refractivity contribution in [3.05, 3.63) is 41.5 Å². The van der Waals surface area contributed by atoms with Gasteiger partial charge in [0.15, 0.2) is 0 Å². The van der Waals surface area contributed by atoms with Crippen molar-refractivity contribution in [1.82, 2.24) is 0 Å². The van der Waals surface area contributed by atoms with E-state index in [2.05, 4.69) is 0 Å². The second-order valence-corrected chi connectivity index (χ2v) is 3.80. The maximum atomic E-state index is 10.7. The number of benzene rings is 2. The lowest BCUT2D eigenvalue weighted by molar-refractivity contribution is -0.136. The summed E-state index contributed by atoms with van der Waals surface area (Å²) in [5.41, 5.74) is 1.30. The number of aliphatic carboxylic acids is 1. The van der Waals surface area contributed by atoms with Crippen molar-refractivity contribution in [2.45, 2.75) is 13.3 Å². The van der Waals surface area contributed by atoms with Crippen LogP contribution >= 0.6 is 0 Å². The van der Waals surface area contributed by atoms with Gasteiger partial charge in [0, 0.05) is 5.39 Å². The molecule has 0 unspecified atom stereocenters. The van der Waals surface area contributed by atoms with E-state index in [-0.39, 0.29) is 12.2 Å². The highest BCUT2D eigenvalue weighted by Crippen LogP contribution is 2.31. The Morgan fingerprint density at radius 1 is 1.31 bits per heavy atom. The first-order valence-corrected chi connectivity index (χ1v) is 5.01. The van der Waals surface area contributed by atoms with E-state index >= 15 is 0 Å². The van der Waals surface area contributed by atoms with E-state index in [0.717, 1.165) is 10.8 Å². The van der Waals surface area contributed by atoms with Gasteiger partial charge >= 0.3 is 5.97 Å². The maximum Gasteiger partial charge on any atom is 0.307 e. The third-order valence-corrected chi connectivity index (χ3v) is 2.72. The van der Waals surface area contributed by atoms with Crippen molar-refractivity contribution < 1.29 is 15.0 Å². The average molecular weight is 216 g/mol. The molecule has 16 heavy (non-hydrogen) atoms. The fourth-order valence-corrected chi connectivity index (χ4v) is 1.84. The number of aromatic hydroxyl groups is 1. The van der Waals surface area contributed by atoms with Crippen molar-refractivity contribution in [3.8, 4) is 5.75 Å². The van der Waals surface area contributed by atoms with Crippen molar-refractivity contribution >= 4 is 16.7 Å². The van der Waals surface area contributed by atoms with Crippen LogP contribution < -0.4 is 0 Å². The summed E-state index contributed by atoms with van der Waals surface area (Å²) in [5.74, 6) is -0.716. The van der Waals surface area contributed by atoms with Gasteiger partial charge in [-0.2, -0.15) is 0 Å². The summed E-state index contributed by atoms with van der Waals surface area (Å²) < 4.78 is 0. The first kappa shape index (κ1) is 10.5. The van der Waals surface area contributed by atoms with Crippen LogP contribution in [0, 0.1) is 6.92 Å². The fraction of sp³-hybridized carbons (Fsp3) is 0.154. The number of phenolic OH excluding ortho intramolecular Hbond substituents is 1. The number of carbonyl (C=O) groups is 1. The predicted octanol–water partition coefficient (Wildman–Crippen LogP) is 2.48. The molecule has 2 aromatic rings. The molecular formula is C13H12O3. The molecule has 3 heteroatoms. The lowest BCUT2D eigenvalue weighted by Gasteiger charge is -2.09. The van der Waals surface area contributed by atoms with E-state index in [0.29, 0.717) is 11.1 Å². The Labute approximate surface area is 93.0 Å². The van der Waals surface area contributed by atoms with Crippen LogP contribution in [0.25, 0.3) is 10.8 Å². The quantitative estimate of drug-likeness (QED) is 0.810. The third kappa shape index (κ3) is 1.72. The van der Waals surface area contributed by atoms with E-state index < -0.39 is 5.97 Å². The Morgan fingerprint density at radius 3 is 2.69 bits per heavy atom. The van der Waals surface area contributed by atoms with E-state index in [9.17, 15) is 9.90 Å². The van der Waals surface area contributed by atoms with Gasteiger partial charge in [-0.05, 0) is 23.4 Å². The molecule has 0 saturated heterocycles. The second-order valence-electron chi connectivity index (χ2n) is 3.80. The lowest BCUT2D eigenvalue weighted by Crippen LogP contribution is -2.02. The highest BCUT2D eigenvalue weighted by Gasteiger charge is 2.10. The number of hydrogen-bond acceptors (Lipinski definition) is 2. The van der Waals surface area contributed by atoms with E-state index in [1.54, 1.807) is 6.92 Å². The summed E-state index contributed by atoms with van der Waals surface area (Å²) in [6, 6.07) is 9.21. The molecule has 0 aromatic heterocycles. The molecule has 3 nitrogen and oxygen atoms in total. The van der Waals surface area contributed by atoms with Crippen molar-refractivity contribution in [1.29, 1.82) is 0 Å². The number of carboxylic acid groups (broad SMARTS) is 1. The Kier molecular flexibility index (Phi) is 2.52. The third-order valence-electron chi connectivity index (χ3n) is 2.72. The molecule has 0 saturated carbocycles. The van der Waals surface area contributed by atoms with Crippen molar-refractivity contribution in [2.75, 3.05) is 0 Å². The normalized spacial score (nSPS) is 10.6. The highest BCUT2D eigenvalue weighted by molar-refractivity contribution is 5.91. The van der Waals surface area contributed by atoms with Crippen LogP contribution in [0.2, 0.25) is 0 Å². The van der Waals surface area contributed by atoms with E-state index in [1.807, 2.05) is 30.3 Å². The molecule has 2 rings (SSSR count). The van der Waals surface area contributed by atoms with Crippen LogP contribution in [0.15, 0.2) is 30.3 Å². The molecule has 2 aromatic carbocycles. The minimum absolute atomic E-state index is 0.0653. The topological polar surface area (TPSA) is 57.5 Å². The summed E-state index contributed by atoms with van der Waals surface area (Å²) >= 11 is 0. The minimum Gasteiger partial charge on any atom is -0.507 e. The first-order valence-electron chi connectivity index (χ1n) is 5.01. The van der Waals surface area contributed by atoms with E-state index in [1.165, 1.54) is 0 Å². The molecule has 0 radical (unpaired) electrons. The van der Waals surface area contributed by atoms with Crippen LogP contribution in [-0.4, -0.2) is 16.2 Å². The SMILES string of the molecule is Cc1c(CC(=O)O)cc2ccccc2c1O. The molecule has 0 amide bonds. The smallest absolute Gasteiger partial charge is 0.307 e. The number of phenols is 1. The largest absolute Gasteiger partial charge is 0.507 e. The van der Waals surface area contributed by atoms with Gasteiger partial charge in [-0.1, -0.05) is 30.3 Å². The Bertz CT molecular complexity index is 558. The molecule has 0 aliphatic rings. The molecule has 2 N–H and O–H groups in total. The maximum absolute atomic E-state index is 10.7. The molecule has 0 atom stereocenters. The summed E-state index contributed by atoms with van der Waals surface area (Å²) in [5, 5.41) is 20.4. The molecular weight excluding hydrogens is 204 g/mol. The van der Waals surface area contributed by atoms with Gasteiger partial charge in [0.05, 0.1) is 6.42 Å². The lowest BCUT2D eigenvalue weighted by atomic mass is 9.98. The Hall–Kier alpha value is -2.03. The second kappa shape index (κ2) is 3.85. The van der Waals surface area contributed by atoms with Crippen LogP contribution in [-0.2, 0) is 11.2 Å². The number of carboxylic acids is 1. The summed E-state index contributed by atoms with van der Waals surface area (Å²) in [7, 11) is 0. The van der Waals surface area contributed by atoms with Gasteiger partial charge in [0.1, 0.15) is 5.75 Å². The van der Waals surface area contributed by atoms with Gasteiger partial charge < -0.3 is 10.2 Å². The molecule has 0 bridgehead atoms. The fourth-order valence-electron chi connectivity index (χ4n) is 1.84. The van der Waals surface area contributed by atoms with Crippen LogP contribution in [0.3, 0.4) is 0 Å². The van der Waals surface area contributed by atoms with Gasteiger partial charge in [-0.25, -0.2) is 0 Å². The van der Waals surface area contributed by atoms with Crippen LogP contribution in [0.5, 0.6) is 5.75 Å². The summed E-state index contributed by atoms with van der Waals surface area (Å²) in [6.45, 7) is 1.74.